The Hall–Kier alpha value is -0.860. The summed E-state index contributed by atoms with van der Waals surface area (Å²) in [4.78, 5) is 5.51. The first-order chi connectivity index (χ1) is 11.7. The summed E-state index contributed by atoms with van der Waals surface area (Å²) >= 11 is 0. The van der Waals surface area contributed by atoms with Crippen LogP contribution in [0, 0.1) is 6.92 Å². The van der Waals surface area contributed by atoms with Crippen LogP contribution in [0.15, 0.2) is 24.3 Å². The number of hydrogen-bond acceptors (Lipinski definition) is 2. The minimum Gasteiger partial charge on any atom is -0.303 e. The second-order valence-corrected chi connectivity index (χ2v) is 8.33. The fourth-order valence-corrected chi connectivity index (χ4v) is 4.43. The van der Waals surface area contributed by atoms with Crippen molar-refractivity contribution in [3.8, 4) is 0 Å². The minimum absolute atomic E-state index is 0.485. The van der Waals surface area contributed by atoms with Gasteiger partial charge in [0.15, 0.2) is 0 Å². The summed E-state index contributed by atoms with van der Waals surface area (Å²) in [5.74, 6) is 0. The van der Waals surface area contributed by atoms with E-state index in [2.05, 4.69) is 47.9 Å². The summed E-state index contributed by atoms with van der Waals surface area (Å²) in [5.41, 5.74) is 3.35. The van der Waals surface area contributed by atoms with Crippen molar-refractivity contribution in [3.05, 3.63) is 35.4 Å². The van der Waals surface area contributed by atoms with Crippen LogP contribution in [0.25, 0.3) is 0 Å². The predicted molar refractivity (Wildman–Crippen MR) is 104 cm³/mol. The van der Waals surface area contributed by atoms with E-state index in [1.165, 1.54) is 95.2 Å². The van der Waals surface area contributed by atoms with E-state index in [1.54, 1.807) is 0 Å². The molecule has 0 unspecified atom stereocenters. The second-order valence-electron chi connectivity index (χ2n) is 8.33. The standard InChI is InChI=1S/C22H36N2/c1-20-9-11-21(12-10-20)8-4-7-15-23-18-13-22(2,14-19-23)24-16-5-3-6-17-24/h9-12H,3-8,13-19H2,1-2H3. The molecule has 0 spiro atoms. The highest BCUT2D eigenvalue weighted by atomic mass is 15.2. The summed E-state index contributed by atoms with van der Waals surface area (Å²) < 4.78 is 0. The van der Waals surface area contributed by atoms with E-state index in [-0.39, 0.29) is 0 Å². The maximum atomic E-state index is 2.80. The lowest BCUT2D eigenvalue weighted by Crippen LogP contribution is -2.55. The molecule has 1 aromatic carbocycles. The number of aryl methyl sites for hydroxylation is 2. The lowest BCUT2D eigenvalue weighted by Gasteiger charge is -2.48. The predicted octanol–water partition coefficient (Wildman–Crippen LogP) is 4.66. The first-order valence-corrected chi connectivity index (χ1v) is 10.2. The second kappa shape index (κ2) is 8.49. The third-order valence-corrected chi connectivity index (χ3v) is 6.36. The molecule has 134 valence electrons. The van der Waals surface area contributed by atoms with Crippen molar-refractivity contribution in [2.45, 2.75) is 70.8 Å². The monoisotopic (exact) mass is 328 g/mol. The van der Waals surface area contributed by atoms with E-state index in [0.29, 0.717) is 5.54 Å². The highest BCUT2D eigenvalue weighted by molar-refractivity contribution is 5.21. The topological polar surface area (TPSA) is 6.48 Å². The number of unbranched alkanes of at least 4 members (excludes halogenated alkanes) is 1. The van der Waals surface area contributed by atoms with Gasteiger partial charge in [0.1, 0.15) is 0 Å². The lowest BCUT2D eigenvalue weighted by atomic mass is 9.86. The van der Waals surface area contributed by atoms with Crippen molar-refractivity contribution in [1.82, 2.24) is 9.80 Å². The SMILES string of the molecule is Cc1ccc(CCCCN2CCC(C)(N3CCCCC3)CC2)cc1. The van der Waals surface area contributed by atoms with Crippen LogP contribution in [0.3, 0.4) is 0 Å². The molecule has 0 bridgehead atoms. The minimum atomic E-state index is 0.485. The lowest BCUT2D eigenvalue weighted by molar-refractivity contribution is 0.0210. The number of rotatable bonds is 6. The molecule has 2 heterocycles. The molecule has 0 N–H and O–H groups in total. The number of benzene rings is 1. The van der Waals surface area contributed by atoms with Crippen LogP contribution < -0.4 is 0 Å². The first-order valence-electron chi connectivity index (χ1n) is 10.2. The van der Waals surface area contributed by atoms with Gasteiger partial charge >= 0.3 is 0 Å². The highest BCUT2D eigenvalue weighted by Gasteiger charge is 2.35. The largest absolute Gasteiger partial charge is 0.303 e. The maximum absolute atomic E-state index is 2.80. The summed E-state index contributed by atoms with van der Waals surface area (Å²) in [7, 11) is 0. The molecule has 2 heteroatoms. The Morgan fingerprint density at radius 2 is 1.54 bits per heavy atom. The third-order valence-electron chi connectivity index (χ3n) is 6.36. The molecule has 2 aliphatic rings. The van der Waals surface area contributed by atoms with E-state index >= 15 is 0 Å². The van der Waals surface area contributed by atoms with Gasteiger partial charge in [0.2, 0.25) is 0 Å². The van der Waals surface area contributed by atoms with Crippen molar-refractivity contribution in [2.24, 2.45) is 0 Å². The van der Waals surface area contributed by atoms with Gasteiger partial charge in [-0.05, 0) is 97.1 Å². The normalized spacial score (nSPS) is 22.6. The van der Waals surface area contributed by atoms with E-state index < -0.39 is 0 Å². The van der Waals surface area contributed by atoms with Gasteiger partial charge in [-0.2, -0.15) is 0 Å². The number of piperidine rings is 2. The molecule has 0 aromatic heterocycles. The molecule has 24 heavy (non-hydrogen) atoms. The van der Waals surface area contributed by atoms with Crippen molar-refractivity contribution in [2.75, 3.05) is 32.7 Å². The van der Waals surface area contributed by atoms with Crippen LogP contribution in [-0.4, -0.2) is 48.1 Å². The fourth-order valence-electron chi connectivity index (χ4n) is 4.43. The fraction of sp³-hybridized carbons (Fsp3) is 0.727. The summed E-state index contributed by atoms with van der Waals surface area (Å²) in [6.07, 6.45) is 10.9. The summed E-state index contributed by atoms with van der Waals surface area (Å²) in [6, 6.07) is 9.06. The molecular weight excluding hydrogens is 292 g/mol. The zero-order valence-electron chi connectivity index (χ0n) is 15.9. The third kappa shape index (κ3) is 4.83. The zero-order valence-corrected chi connectivity index (χ0v) is 15.9. The molecule has 1 aromatic rings. The van der Waals surface area contributed by atoms with Crippen LogP contribution >= 0.6 is 0 Å². The van der Waals surface area contributed by atoms with Crippen LogP contribution in [0.1, 0.15) is 63.0 Å². The number of likely N-dealkylation sites (tertiary alicyclic amines) is 2. The molecule has 2 nitrogen and oxygen atoms in total. The van der Waals surface area contributed by atoms with E-state index in [4.69, 9.17) is 0 Å². The van der Waals surface area contributed by atoms with Crippen LogP contribution in [0.4, 0.5) is 0 Å². The molecule has 2 fully saturated rings. The first kappa shape index (κ1) is 17.9. The van der Waals surface area contributed by atoms with Gasteiger partial charge in [0.05, 0.1) is 0 Å². The smallest absolute Gasteiger partial charge is 0.0205 e. The number of nitrogens with zero attached hydrogens (tertiary/aromatic N) is 2. The maximum Gasteiger partial charge on any atom is 0.0205 e. The zero-order chi connectivity index (χ0) is 16.8. The molecule has 2 aliphatic heterocycles. The van der Waals surface area contributed by atoms with Crippen LogP contribution in [-0.2, 0) is 6.42 Å². The van der Waals surface area contributed by atoms with E-state index in [1.807, 2.05) is 0 Å². The number of hydrogen-bond donors (Lipinski definition) is 0. The molecule has 0 aliphatic carbocycles. The summed E-state index contributed by atoms with van der Waals surface area (Å²) in [6.45, 7) is 11.3. The van der Waals surface area contributed by atoms with Gasteiger partial charge in [-0.25, -0.2) is 0 Å². The Balaban J connectivity index is 1.34. The Bertz CT molecular complexity index is 479. The molecule has 0 radical (unpaired) electrons. The highest BCUT2D eigenvalue weighted by Crippen LogP contribution is 2.31. The average molecular weight is 329 g/mol. The van der Waals surface area contributed by atoms with Gasteiger partial charge < -0.3 is 4.90 Å². The van der Waals surface area contributed by atoms with Gasteiger partial charge in [0.25, 0.3) is 0 Å². The van der Waals surface area contributed by atoms with Gasteiger partial charge in [-0.1, -0.05) is 36.2 Å². The molecule has 0 amide bonds. The van der Waals surface area contributed by atoms with Crippen LogP contribution in [0.5, 0.6) is 0 Å². The van der Waals surface area contributed by atoms with Crippen molar-refractivity contribution in [1.29, 1.82) is 0 Å². The van der Waals surface area contributed by atoms with Gasteiger partial charge in [-0.3, -0.25) is 4.90 Å². The Morgan fingerprint density at radius 1 is 0.875 bits per heavy atom. The van der Waals surface area contributed by atoms with Crippen molar-refractivity contribution < 1.29 is 0 Å². The molecule has 0 atom stereocenters. The van der Waals surface area contributed by atoms with Crippen molar-refractivity contribution in [3.63, 3.8) is 0 Å². The Morgan fingerprint density at radius 3 is 2.21 bits per heavy atom. The molecular formula is C22H36N2. The average Bonchev–Trinajstić information content (AvgIpc) is 2.63. The van der Waals surface area contributed by atoms with Crippen molar-refractivity contribution >= 4 is 0 Å². The van der Waals surface area contributed by atoms with Crippen LogP contribution in [0.2, 0.25) is 0 Å². The van der Waals surface area contributed by atoms with Gasteiger partial charge in [-0.15, -0.1) is 0 Å². The van der Waals surface area contributed by atoms with Gasteiger partial charge in [0, 0.05) is 5.54 Å². The quantitative estimate of drug-likeness (QED) is 0.701. The molecule has 0 saturated carbocycles. The summed E-state index contributed by atoms with van der Waals surface area (Å²) in [5, 5.41) is 0. The van der Waals surface area contributed by atoms with E-state index in [9.17, 15) is 0 Å². The Kier molecular flexibility index (Phi) is 6.35. The van der Waals surface area contributed by atoms with E-state index in [0.717, 1.165) is 0 Å². The molecule has 3 rings (SSSR count). The molecule has 2 saturated heterocycles. The Labute approximate surface area is 149 Å².